The molecule has 2 heterocycles. The third-order valence-corrected chi connectivity index (χ3v) is 6.31. The number of fused-ring (bicyclic) bond motifs is 1. The summed E-state index contributed by atoms with van der Waals surface area (Å²) in [6.45, 7) is 5.89. The Hall–Kier alpha value is -3.75. The van der Waals surface area contributed by atoms with E-state index in [4.69, 9.17) is 15.2 Å². The van der Waals surface area contributed by atoms with Gasteiger partial charge in [-0.3, -0.25) is 9.78 Å². The molecule has 1 fully saturated rings. The number of H-pyrrole nitrogens is 1. The lowest BCUT2D eigenvalue weighted by Gasteiger charge is -2.21. The molecule has 0 radical (unpaired) electrons. The van der Waals surface area contributed by atoms with E-state index in [9.17, 15) is 4.79 Å². The van der Waals surface area contributed by atoms with Gasteiger partial charge in [0.15, 0.2) is 11.2 Å². The second kappa shape index (κ2) is 9.62. The molecule has 8 heteroatoms. The van der Waals surface area contributed by atoms with Crippen molar-refractivity contribution in [1.82, 2.24) is 19.5 Å². The first-order valence-corrected chi connectivity index (χ1v) is 11.3. The van der Waals surface area contributed by atoms with Crippen molar-refractivity contribution in [2.45, 2.75) is 31.8 Å². The second-order valence-electron chi connectivity index (χ2n) is 8.54. The number of aromatic nitrogens is 4. The van der Waals surface area contributed by atoms with Gasteiger partial charge in [0, 0.05) is 5.92 Å². The average Bonchev–Trinajstić information content (AvgIpc) is 3.40. The Bertz CT molecular complexity index is 1330. The molecule has 0 saturated heterocycles. The lowest BCUT2D eigenvalue weighted by atomic mass is 10.0. The van der Waals surface area contributed by atoms with Crippen LogP contribution in [0.5, 0.6) is 0 Å². The van der Waals surface area contributed by atoms with Crippen molar-refractivity contribution >= 4 is 17.1 Å². The lowest BCUT2D eigenvalue weighted by Crippen LogP contribution is -2.23. The van der Waals surface area contributed by atoms with Crippen molar-refractivity contribution in [2.24, 2.45) is 5.92 Å². The molecule has 4 aromatic rings. The summed E-state index contributed by atoms with van der Waals surface area (Å²) in [7, 11) is 0. The van der Waals surface area contributed by atoms with Gasteiger partial charge in [-0.2, -0.15) is 4.98 Å². The van der Waals surface area contributed by atoms with E-state index in [1.54, 1.807) is 6.33 Å². The zero-order valence-corrected chi connectivity index (χ0v) is 18.8. The van der Waals surface area contributed by atoms with E-state index in [0.717, 1.165) is 16.7 Å². The molecule has 0 unspecified atom stereocenters. The van der Waals surface area contributed by atoms with Gasteiger partial charge in [0.1, 0.15) is 0 Å². The fourth-order valence-electron chi connectivity index (χ4n) is 4.54. The molecule has 0 bridgehead atoms. The molecule has 34 heavy (non-hydrogen) atoms. The molecule has 3 atom stereocenters. The minimum absolute atomic E-state index is 0.0192. The first kappa shape index (κ1) is 22.1. The van der Waals surface area contributed by atoms with Gasteiger partial charge in [-0.1, -0.05) is 67.2 Å². The van der Waals surface area contributed by atoms with Crippen molar-refractivity contribution in [2.75, 3.05) is 12.3 Å². The Balaban J connectivity index is 1.38. The van der Waals surface area contributed by atoms with E-state index in [1.165, 1.54) is 0 Å². The van der Waals surface area contributed by atoms with Crippen molar-refractivity contribution in [1.29, 1.82) is 0 Å². The first-order chi connectivity index (χ1) is 16.6. The van der Waals surface area contributed by atoms with Crippen LogP contribution in [-0.4, -0.2) is 32.2 Å². The normalized spacial score (nSPS) is 20.2. The van der Waals surface area contributed by atoms with Crippen LogP contribution in [-0.2, 0) is 22.7 Å². The Labute approximate surface area is 197 Å². The Kier molecular flexibility index (Phi) is 6.24. The monoisotopic (exact) mass is 457 g/mol. The lowest BCUT2D eigenvalue weighted by molar-refractivity contribution is -0.0122. The average molecular weight is 458 g/mol. The summed E-state index contributed by atoms with van der Waals surface area (Å²) in [5.41, 5.74) is 9.33. The molecule has 1 aliphatic carbocycles. The highest BCUT2D eigenvalue weighted by Crippen LogP contribution is 2.42. The third kappa shape index (κ3) is 4.50. The number of nitrogens with one attached hydrogen (secondary N) is 1. The number of nitrogens with two attached hydrogens (primary N) is 1. The number of benzene rings is 2. The van der Waals surface area contributed by atoms with Crippen LogP contribution in [0.1, 0.15) is 23.6 Å². The number of aromatic amines is 1. The minimum Gasteiger partial charge on any atom is -0.376 e. The zero-order chi connectivity index (χ0) is 23.5. The van der Waals surface area contributed by atoms with Crippen LogP contribution in [0.3, 0.4) is 0 Å². The van der Waals surface area contributed by atoms with Gasteiger partial charge >= 0.3 is 0 Å². The Morgan fingerprint density at radius 2 is 1.74 bits per heavy atom. The maximum atomic E-state index is 12.3. The Morgan fingerprint density at radius 3 is 2.44 bits per heavy atom. The Morgan fingerprint density at radius 1 is 1.06 bits per heavy atom. The van der Waals surface area contributed by atoms with Gasteiger partial charge in [-0.05, 0) is 23.1 Å². The summed E-state index contributed by atoms with van der Waals surface area (Å²) in [6.07, 6.45) is 2.19. The molecular formula is C26H27N5O3. The van der Waals surface area contributed by atoms with Crippen molar-refractivity contribution in [3.63, 3.8) is 0 Å². The summed E-state index contributed by atoms with van der Waals surface area (Å²) in [6, 6.07) is 20.0. The fraction of sp³-hybridized carbons (Fsp3) is 0.269. The summed E-state index contributed by atoms with van der Waals surface area (Å²) in [5.74, 6) is 0.0386. The topological polar surface area (TPSA) is 108 Å². The smallest absolute Gasteiger partial charge is 0.280 e. The van der Waals surface area contributed by atoms with Crippen LogP contribution in [0.2, 0.25) is 0 Å². The van der Waals surface area contributed by atoms with E-state index in [2.05, 4.69) is 21.5 Å². The highest BCUT2D eigenvalue weighted by atomic mass is 16.5. The zero-order valence-electron chi connectivity index (χ0n) is 18.8. The number of hydrogen-bond donors (Lipinski definition) is 2. The predicted octanol–water partition coefficient (Wildman–Crippen LogP) is 3.62. The van der Waals surface area contributed by atoms with Crippen LogP contribution < -0.4 is 11.3 Å². The molecule has 1 aliphatic rings. The van der Waals surface area contributed by atoms with Gasteiger partial charge in [-0.15, -0.1) is 0 Å². The maximum Gasteiger partial charge on any atom is 0.280 e. The highest BCUT2D eigenvalue weighted by Gasteiger charge is 2.40. The molecule has 174 valence electrons. The van der Waals surface area contributed by atoms with E-state index in [-0.39, 0.29) is 35.1 Å². The number of anilines is 1. The SMILES string of the molecule is C=C1[C@H](n2cnc3c(=O)[nH]c(N)nc32)C[C@@H](OCc2ccccc2)[C@H]1COCc1ccccc1. The molecule has 3 N–H and O–H groups in total. The highest BCUT2D eigenvalue weighted by molar-refractivity contribution is 5.71. The van der Waals surface area contributed by atoms with Gasteiger partial charge in [0.2, 0.25) is 5.95 Å². The predicted molar refractivity (Wildman–Crippen MR) is 130 cm³/mol. The van der Waals surface area contributed by atoms with E-state index >= 15 is 0 Å². The standard InChI is InChI=1S/C26H27N5O3/c1-17-20(15-33-13-18-8-4-2-5-9-18)22(34-14-19-10-6-3-7-11-19)12-21(17)31-16-28-23-24(31)29-26(27)30-25(23)32/h2-11,16,20-22H,1,12-15H2,(H3,27,29,30,32)/t20-,21+,22+/m0/s1. The van der Waals surface area contributed by atoms with Crippen molar-refractivity contribution in [3.05, 3.63) is 101 Å². The van der Waals surface area contributed by atoms with E-state index < -0.39 is 0 Å². The van der Waals surface area contributed by atoms with Gasteiger partial charge < -0.3 is 19.8 Å². The molecule has 2 aromatic carbocycles. The van der Waals surface area contributed by atoms with Gasteiger partial charge in [0.25, 0.3) is 5.56 Å². The van der Waals surface area contributed by atoms with E-state index in [0.29, 0.717) is 31.9 Å². The van der Waals surface area contributed by atoms with Gasteiger partial charge in [-0.25, -0.2) is 4.98 Å². The number of imidazole rings is 1. The molecule has 0 amide bonds. The number of rotatable bonds is 8. The largest absolute Gasteiger partial charge is 0.376 e. The van der Waals surface area contributed by atoms with Crippen LogP contribution in [0.4, 0.5) is 5.95 Å². The summed E-state index contributed by atoms with van der Waals surface area (Å²) >= 11 is 0. The van der Waals surface area contributed by atoms with Crippen molar-refractivity contribution in [3.8, 4) is 0 Å². The molecule has 1 saturated carbocycles. The van der Waals surface area contributed by atoms with Crippen LogP contribution in [0, 0.1) is 5.92 Å². The third-order valence-electron chi connectivity index (χ3n) is 6.31. The second-order valence-corrected chi connectivity index (χ2v) is 8.54. The number of ether oxygens (including phenoxy) is 2. The molecule has 2 aromatic heterocycles. The summed E-state index contributed by atoms with van der Waals surface area (Å²) < 4.78 is 14.3. The number of nitrogens with zero attached hydrogens (tertiary/aromatic N) is 3. The maximum absolute atomic E-state index is 12.3. The van der Waals surface area contributed by atoms with Crippen LogP contribution in [0.15, 0.2) is 83.9 Å². The minimum atomic E-state index is -0.357. The molecule has 0 spiro atoms. The number of nitrogen functional groups attached to an aromatic ring is 1. The van der Waals surface area contributed by atoms with Crippen LogP contribution in [0.25, 0.3) is 11.2 Å². The molecule has 8 nitrogen and oxygen atoms in total. The molecule has 0 aliphatic heterocycles. The van der Waals surface area contributed by atoms with Crippen molar-refractivity contribution < 1.29 is 9.47 Å². The van der Waals surface area contributed by atoms with Gasteiger partial charge in [0.05, 0.1) is 38.3 Å². The van der Waals surface area contributed by atoms with E-state index in [1.807, 2.05) is 65.2 Å². The molecule has 5 rings (SSSR count). The first-order valence-electron chi connectivity index (χ1n) is 11.3. The molecular weight excluding hydrogens is 430 g/mol. The number of hydrogen-bond acceptors (Lipinski definition) is 6. The van der Waals surface area contributed by atoms with Crippen LogP contribution >= 0.6 is 0 Å². The summed E-state index contributed by atoms with van der Waals surface area (Å²) in [4.78, 5) is 23.4. The quantitative estimate of drug-likeness (QED) is 0.391. The summed E-state index contributed by atoms with van der Waals surface area (Å²) in [5, 5.41) is 0. The fourth-order valence-corrected chi connectivity index (χ4v) is 4.54.